The first-order valence-electron chi connectivity index (χ1n) is 8.31. The van der Waals surface area contributed by atoms with Gasteiger partial charge in [-0.05, 0) is 62.2 Å². The highest BCUT2D eigenvalue weighted by Crippen LogP contribution is 2.23. The molecular formula is C21H20ClN3O. The molecule has 4 nitrogen and oxygen atoms in total. The van der Waals surface area contributed by atoms with Crippen LogP contribution in [0, 0.1) is 20.8 Å². The number of carbonyl (C=O) groups is 1. The zero-order valence-corrected chi connectivity index (χ0v) is 15.7. The molecule has 0 aliphatic heterocycles. The molecule has 0 atom stereocenters. The van der Waals surface area contributed by atoms with Crippen molar-refractivity contribution in [3.63, 3.8) is 0 Å². The van der Waals surface area contributed by atoms with E-state index in [0.29, 0.717) is 10.6 Å². The molecule has 1 heterocycles. The minimum absolute atomic E-state index is 0.340. The molecule has 26 heavy (non-hydrogen) atoms. The first-order chi connectivity index (χ1) is 12.5. The number of hydrazone groups is 1. The van der Waals surface area contributed by atoms with E-state index in [1.165, 1.54) is 0 Å². The van der Waals surface area contributed by atoms with E-state index in [1.54, 1.807) is 18.3 Å². The van der Waals surface area contributed by atoms with E-state index in [-0.39, 0.29) is 5.91 Å². The Kier molecular flexibility index (Phi) is 5.24. The molecule has 1 amide bonds. The van der Waals surface area contributed by atoms with Gasteiger partial charge in [0.2, 0.25) is 0 Å². The monoisotopic (exact) mass is 365 g/mol. The molecule has 0 aliphatic rings. The molecule has 0 aliphatic carbocycles. The fraction of sp³-hybridized carbons (Fsp3) is 0.143. The lowest BCUT2D eigenvalue weighted by Gasteiger charge is -2.11. The third-order valence-corrected chi connectivity index (χ3v) is 4.60. The maximum absolute atomic E-state index is 12.4. The lowest BCUT2D eigenvalue weighted by molar-refractivity contribution is 0.0955. The Morgan fingerprint density at radius 1 is 1.04 bits per heavy atom. The van der Waals surface area contributed by atoms with Crippen molar-refractivity contribution in [3.8, 4) is 5.69 Å². The minimum Gasteiger partial charge on any atom is -0.318 e. The van der Waals surface area contributed by atoms with E-state index in [1.807, 2.05) is 63.2 Å². The molecule has 0 fully saturated rings. The van der Waals surface area contributed by atoms with Crippen molar-refractivity contribution in [2.45, 2.75) is 20.8 Å². The highest BCUT2D eigenvalue weighted by atomic mass is 35.5. The highest BCUT2D eigenvalue weighted by Gasteiger charge is 2.12. The first-order valence-corrected chi connectivity index (χ1v) is 8.69. The normalized spacial score (nSPS) is 11.1. The maximum atomic E-state index is 12.4. The molecule has 2 aromatic carbocycles. The van der Waals surface area contributed by atoms with Crippen molar-refractivity contribution in [2.24, 2.45) is 5.10 Å². The van der Waals surface area contributed by atoms with Crippen LogP contribution in [-0.2, 0) is 0 Å². The lowest BCUT2D eigenvalue weighted by Crippen LogP contribution is -2.18. The van der Waals surface area contributed by atoms with Crippen molar-refractivity contribution in [1.29, 1.82) is 0 Å². The topological polar surface area (TPSA) is 46.4 Å². The molecule has 0 spiro atoms. The summed E-state index contributed by atoms with van der Waals surface area (Å²) < 4.78 is 2.09. The van der Waals surface area contributed by atoms with Crippen LogP contribution in [0.2, 0.25) is 5.02 Å². The predicted molar refractivity (Wildman–Crippen MR) is 106 cm³/mol. The van der Waals surface area contributed by atoms with Crippen LogP contribution < -0.4 is 5.43 Å². The number of benzene rings is 2. The molecule has 0 radical (unpaired) electrons. The van der Waals surface area contributed by atoms with Crippen LogP contribution in [0.25, 0.3) is 5.69 Å². The number of halogens is 1. The van der Waals surface area contributed by atoms with Crippen molar-refractivity contribution >= 4 is 23.7 Å². The van der Waals surface area contributed by atoms with E-state index < -0.39 is 0 Å². The molecule has 0 saturated heterocycles. The standard InChI is InChI=1S/C21H20ClN3O/c1-14-6-4-5-7-17(14)13-23-24-21(26)19-11-10-18(12-20(19)22)25-15(2)8-9-16(25)3/h4-13H,1-3H3,(H,24,26)/b23-13-. The minimum atomic E-state index is -0.340. The van der Waals surface area contributed by atoms with E-state index in [0.717, 1.165) is 28.2 Å². The number of nitrogens with one attached hydrogen (secondary N) is 1. The Morgan fingerprint density at radius 3 is 2.38 bits per heavy atom. The van der Waals surface area contributed by atoms with Gasteiger partial charge in [0.05, 0.1) is 16.8 Å². The molecule has 1 aromatic heterocycles. The predicted octanol–water partition coefficient (Wildman–Crippen LogP) is 4.82. The Balaban J connectivity index is 1.77. The van der Waals surface area contributed by atoms with Crippen LogP contribution in [0.5, 0.6) is 0 Å². The fourth-order valence-corrected chi connectivity index (χ4v) is 3.12. The summed E-state index contributed by atoms with van der Waals surface area (Å²) in [6, 6.07) is 17.3. The zero-order valence-electron chi connectivity index (χ0n) is 15.0. The third kappa shape index (κ3) is 3.70. The molecule has 3 aromatic rings. The van der Waals surface area contributed by atoms with E-state index in [2.05, 4.69) is 15.1 Å². The molecule has 132 valence electrons. The van der Waals surface area contributed by atoms with Crippen LogP contribution >= 0.6 is 11.6 Å². The van der Waals surface area contributed by atoms with Crippen LogP contribution in [0.3, 0.4) is 0 Å². The molecule has 0 bridgehead atoms. The first kappa shape index (κ1) is 18.0. The molecule has 5 heteroatoms. The summed E-state index contributed by atoms with van der Waals surface area (Å²) in [6.45, 7) is 6.05. The van der Waals surface area contributed by atoms with Gasteiger partial charge in [0.25, 0.3) is 5.91 Å². The number of hydrogen-bond acceptors (Lipinski definition) is 2. The number of hydrogen-bond donors (Lipinski definition) is 1. The van der Waals surface area contributed by atoms with Crippen LogP contribution in [0.4, 0.5) is 0 Å². The largest absolute Gasteiger partial charge is 0.318 e. The number of aryl methyl sites for hydroxylation is 3. The number of carbonyl (C=O) groups excluding carboxylic acids is 1. The molecule has 1 N–H and O–H groups in total. The van der Waals surface area contributed by atoms with E-state index >= 15 is 0 Å². The Morgan fingerprint density at radius 2 is 1.73 bits per heavy atom. The van der Waals surface area contributed by atoms with E-state index in [4.69, 9.17) is 11.6 Å². The summed E-state index contributed by atoms with van der Waals surface area (Å²) >= 11 is 6.34. The van der Waals surface area contributed by atoms with Gasteiger partial charge in [-0.15, -0.1) is 0 Å². The van der Waals surface area contributed by atoms with Gasteiger partial charge in [-0.3, -0.25) is 4.79 Å². The SMILES string of the molecule is Cc1ccccc1/C=N\NC(=O)c1ccc(-n2c(C)ccc2C)cc1Cl. The summed E-state index contributed by atoms with van der Waals surface area (Å²) in [5.41, 5.74) is 8.11. The van der Waals surface area contributed by atoms with Gasteiger partial charge >= 0.3 is 0 Å². The summed E-state index contributed by atoms with van der Waals surface area (Å²) in [7, 11) is 0. The second kappa shape index (κ2) is 7.58. The van der Waals surface area contributed by atoms with Crippen molar-refractivity contribution in [3.05, 3.63) is 87.7 Å². The summed E-state index contributed by atoms with van der Waals surface area (Å²) in [6.07, 6.45) is 1.63. The van der Waals surface area contributed by atoms with Gasteiger partial charge < -0.3 is 4.57 Å². The van der Waals surface area contributed by atoms with Gasteiger partial charge in [0.1, 0.15) is 0 Å². The average Bonchev–Trinajstić information content (AvgIpc) is 2.95. The Labute approximate surface area is 158 Å². The number of rotatable bonds is 4. The van der Waals surface area contributed by atoms with Crippen LogP contribution in [0.15, 0.2) is 59.7 Å². The van der Waals surface area contributed by atoms with E-state index in [9.17, 15) is 4.79 Å². The summed E-state index contributed by atoms with van der Waals surface area (Å²) in [5.74, 6) is -0.340. The number of amides is 1. The van der Waals surface area contributed by atoms with Gasteiger partial charge in [-0.25, -0.2) is 5.43 Å². The Bertz CT molecular complexity index is 969. The summed E-state index contributed by atoms with van der Waals surface area (Å²) in [5, 5.41) is 4.42. The van der Waals surface area contributed by atoms with Gasteiger partial charge in [0.15, 0.2) is 0 Å². The van der Waals surface area contributed by atoms with Crippen LogP contribution in [0.1, 0.15) is 32.9 Å². The van der Waals surface area contributed by atoms with Crippen LogP contribution in [-0.4, -0.2) is 16.7 Å². The quantitative estimate of drug-likeness (QED) is 0.523. The van der Waals surface area contributed by atoms with Gasteiger partial charge in [0, 0.05) is 17.1 Å². The Hall–Kier alpha value is -2.85. The van der Waals surface area contributed by atoms with Gasteiger partial charge in [-0.2, -0.15) is 5.10 Å². The molecule has 3 rings (SSSR count). The molecule has 0 unspecified atom stereocenters. The third-order valence-electron chi connectivity index (χ3n) is 4.28. The molecular weight excluding hydrogens is 346 g/mol. The smallest absolute Gasteiger partial charge is 0.272 e. The number of aromatic nitrogens is 1. The summed E-state index contributed by atoms with van der Waals surface area (Å²) in [4.78, 5) is 12.4. The maximum Gasteiger partial charge on any atom is 0.272 e. The average molecular weight is 366 g/mol. The fourth-order valence-electron chi connectivity index (χ4n) is 2.86. The van der Waals surface area contributed by atoms with Crippen molar-refractivity contribution in [1.82, 2.24) is 9.99 Å². The zero-order chi connectivity index (χ0) is 18.7. The highest BCUT2D eigenvalue weighted by molar-refractivity contribution is 6.34. The van der Waals surface area contributed by atoms with Crippen molar-refractivity contribution in [2.75, 3.05) is 0 Å². The molecule has 0 saturated carbocycles. The number of nitrogens with zero attached hydrogens (tertiary/aromatic N) is 2. The van der Waals surface area contributed by atoms with Crippen molar-refractivity contribution < 1.29 is 4.79 Å². The van der Waals surface area contributed by atoms with Gasteiger partial charge in [-0.1, -0.05) is 35.9 Å². The second-order valence-corrected chi connectivity index (χ2v) is 6.58. The second-order valence-electron chi connectivity index (χ2n) is 6.17. The lowest BCUT2D eigenvalue weighted by atomic mass is 10.1.